The number of likely N-dealkylation sites (N-methyl/N-ethyl adjacent to an activating group) is 1. The molecule has 13 heteroatoms. The number of nitrogens with zero attached hydrogens (tertiary/aromatic N) is 3. The molecule has 0 atom stereocenters. The van der Waals surface area contributed by atoms with Crippen LogP contribution in [0.25, 0.3) is 22.6 Å². The molecule has 3 aromatic carbocycles. The SMILES string of the molecule is Cc1noc(NS(=O)(=O)c2ccccc2-c2ccc(-c3ncco3)cc2CN(C)C(=O)Cc2ccccc2C(F)(F)F)c1C. The standard InChI is InChI=1S/C31H27F3N4O5S/c1-19-20(2)36-43-29(19)37-44(40,41)27-11-7-5-9-25(27)24-13-12-22(30-35-14-15-42-30)16-23(24)18-38(3)28(39)17-21-8-4-6-10-26(21)31(32,33)34/h4-16,37H,17-18H2,1-3H3. The zero-order valence-electron chi connectivity index (χ0n) is 23.8. The molecule has 1 amide bonds. The highest BCUT2D eigenvalue weighted by atomic mass is 32.2. The van der Waals surface area contributed by atoms with E-state index in [9.17, 15) is 26.4 Å². The van der Waals surface area contributed by atoms with Gasteiger partial charge in [0.1, 0.15) is 6.26 Å². The monoisotopic (exact) mass is 624 g/mol. The van der Waals surface area contributed by atoms with Gasteiger partial charge in [0.2, 0.25) is 17.7 Å². The Morgan fingerprint density at radius 1 is 0.977 bits per heavy atom. The summed E-state index contributed by atoms with van der Waals surface area (Å²) in [4.78, 5) is 18.6. The van der Waals surface area contributed by atoms with Gasteiger partial charge >= 0.3 is 6.18 Å². The van der Waals surface area contributed by atoms with Crippen LogP contribution in [0.2, 0.25) is 0 Å². The number of carbonyl (C=O) groups excluding carboxylic acids is 1. The molecular weight excluding hydrogens is 597 g/mol. The lowest BCUT2D eigenvalue weighted by molar-refractivity contribution is -0.138. The summed E-state index contributed by atoms with van der Waals surface area (Å²) in [6.45, 7) is 3.31. The number of halogens is 3. The van der Waals surface area contributed by atoms with Crippen LogP contribution >= 0.6 is 0 Å². The van der Waals surface area contributed by atoms with Crippen molar-refractivity contribution in [2.24, 2.45) is 0 Å². The third-order valence-electron chi connectivity index (χ3n) is 7.13. The molecule has 2 heterocycles. The molecule has 5 aromatic rings. The van der Waals surface area contributed by atoms with E-state index < -0.39 is 34.1 Å². The summed E-state index contributed by atoms with van der Waals surface area (Å²) in [5.74, 6) is -0.279. The molecule has 0 bridgehead atoms. The molecule has 44 heavy (non-hydrogen) atoms. The van der Waals surface area contributed by atoms with E-state index in [1.54, 1.807) is 50.2 Å². The number of amides is 1. The largest absolute Gasteiger partial charge is 0.445 e. The van der Waals surface area contributed by atoms with Crippen molar-refractivity contribution in [2.45, 2.75) is 37.9 Å². The highest BCUT2D eigenvalue weighted by Gasteiger charge is 2.33. The first-order chi connectivity index (χ1) is 20.8. The normalized spacial score (nSPS) is 11.9. The van der Waals surface area contributed by atoms with E-state index in [0.29, 0.717) is 39.4 Å². The summed E-state index contributed by atoms with van der Waals surface area (Å²) in [5, 5.41) is 3.80. The number of aromatic nitrogens is 2. The van der Waals surface area contributed by atoms with Gasteiger partial charge in [-0.15, -0.1) is 0 Å². The number of nitrogens with one attached hydrogen (secondary N) is 1. The number of oxazole rings is 1. The predicted octanol–water partition coefficient (Wildman–Crippen LogP) is 6.63. The van der Waals surface area contributed by atoms with Crippen molar-refractivity contribution in [3.05, 3.63) is 107 Å². The smallest absolute Gasteiger partial charge is 0.416 e. The van der Waals surface area contributed by atoms with Crippen LogP contribution < -0.4 is 4.72 Å². The maximum absolute atomic E-state index is 13.6. The lowest BCUT2D eigenvalue weighted by Crippen LogP contribution is -2.29. The van der Waals surface area contributed by atoms with E-state index in [1.807, 2.05) is 0 Å². The third-order valence-corrected chi connectivity index (χ3v) is 8.52. The minimum atomic E-state index is -4.61. The average molecular weight is 625 g/mol. The maximum atomic E-state index is 13.6. The molecule has 0 aliphatic rings. The Kier molecular flexibility index (Phi) is 8.33. The van der Waals surface area contributed by atoms with Gasteiger partial charge < -0.3 is 13.8 Å². The summed E-state index contributed by atoms with van der Waals surface area (Å²) >= 11 is 0. The zero-order chi connectivity index (χ0) is 31.6. The Morgan fingerprint density at radius 3 is 2.39 bits per heavy atom. The quantitative estimate of drug-likeness (QED) is 0.195. The fraction of sp³-hybridized carbons (Fsp3) is 0.194. The van der Waals surface area contributed by atoms with Gasteiger partial charge in [0, 0.05) is 30.3 Å². The Morgan fingerprint density at radius 2 is 1.70 bits per heavy atom. The second-order valence-corrected chi connectivity index (χ2v) is 11.8. The van der Waals surface area contributed by atoms with Crippen molar-refractivity contribution in [3.63, 3.8) is 0 Å². The molecule has 228 valence electrons. The van der Waals surface area contributed by atoms with Crippen LogP contribution in [0.3, 0.4) is 0 Å². The number of aryl methyl sites for hydroxylation is 1. The van der Waals surface area contributed by atoms with Gasteiger partial charge in [-0.1, -0.05) is 47.6 Å². The first-order valence-corrected chi connectivity index (χ1v) is 14.8. The van der Waals surface area contributed by atoms with E-state index in [0.717, 1.165) is 6.07 Å². The van der Waals surface area contributed by atoms with Crippen molar-refractivity contribution < 1.29 is 35.3 Å². The molecule has 0 saturated heterocycles. The summed E-state index contributed by atoms with van der Waals surface area (Å²) in [7, 11) is -2.71. The first-order valence-electron chi connectivity index (χ1n) is 13.3. The summed E-state index contributed by atoms with van der Waals surface area (Å²) < 4.78 is 80.9. The molecule has 0 unspecified atom stereocenters. The highest BCUT2D eigenvalue weighted by Crippen LogP contribution is 2.35. The Balaban J connectivity index is 1.53. The fourth-order valence-corrected chi connectivity index (χ4v) is 5.96. The van der Waals surface area contributed by atoms with E-state index in [2.05, 4.69) is 14.9 Å². The molecule has 0 spiro atoms. The Bertz CT molecular complexity index is 1920. The van der Waals surface area contributed by atoms with Crippen LogP contribution in [0.15, 0.2) is 93.0 Å². The van der Waals surface area contributed by atoms with Gasteiger partial charge in [-0.05, 0) is 54.8 Å². The van der Waals surface area contributed by atoms with Crippen LogP contribution in [0, 0.1) is 13.8 Å². The summed E-state index contributed by atoms with van der Waals surface area (Å²) in [6, 6.07) is 16.3. The summed E-state index contributed by atoms with van der Waals surface area (Å²) in [6.07, 6.45) is -2.22. The lowest BCUT2D eigenvalue weighted by atomic mass is 9.96. The van der Waals surface area contributed by atoms with Crippen molar-refractivity contribution in [2.75, 3.05) is 11.8 Å². The fourth-order valence-electron chi connectivity index (χ4n) is 4.69. The van der Waals surface area contributed by atoms with Gasteiger partial charge in [0.15, 0.2) is 0 Å². The molecule has 0 aliphatic heterocycles. The highest BCUT2D eigenvalue weighted by molar-refractivity contribution is 7.92. The van der Waals surface area contributed by atoms with Crippen molar-refractivity contribution in [1.29, 1.82) is 0 Å². The zero-order valence-corrected chi connectivity index (χ0v) is 24.7. The second-order valence-electron chi connectivity index (χ2n) is 10.1. The molecule has 2 aromatic heterocycles. The van der Waals surface area contributed by atoms with E-state index >= 15 is 0 Å². The number of hydrogen-bond acceptors (Lipinski definition) is 7. The Labute approximate surface area is 251 Å². The molecule has 5 rings (SSSR count). The van der Waals surface area contributed by atoms with Crippen LogP contribution in [0.1, 0.15) is 27.9 Å². The molecule has 0 radical (unpaired) electrons. The molecule has 9 nitrogen and oxygen atoms in total. The average Bonchev–Trinajstić information content (AvgIpc) is 3.63. The number of alkyl halides is 3. The van der Waals surface area contributed by atoms with Crippen molar-refractivity contribution in [3.8, 4) is 22.6 Å². The van der Waals surface area contributed by atoms with E-state index in [4.69, 9.17) is 8.94 Å². The third kappa shape index (κ3) is 6.37. The van der Waals surface area contributed by atoms with Gasteiger partial charge in [0.05, 0.1) is 28.8 Å². The van der Waals surface area contributed by atoms with Crippen molar-refractivity contribution >= 4 is 21.8 Å². The minimum absolute atomic E-state index is 0.0127. The number of benzene rings is 3. The second kappa shape index (κ2) is 12.0. The van der Waals surface area contributed by atoms with Crippen molar-refractivity contribution in [1.82, 2.24) is 15.0 Å². The summed E-state index contributed by atoms with van der Waals surface area (Å²) in [5.41, 5.74) is 1.91. The van der Waals surface area contributed by atoms with Gasteiger partial charge in [-0.3, -0.25) is 4.79 Å². The number of carbonyl (C=O) groups is 1. The molecule has 1 N–H and O–H groups in total. The molecular formula is C31H27F3N4O5S. The van der Waals surface area contributed by atoms with Crippen LogP contribution in [0.4, 0.5) is 19.1 Å². The number of sulfonamides is 1. The molecule has 0 aliphatic carbocycles. The van der Waals surface area contributed by atoms with E-state index in [1.165, 1.54) is 48.7 Å². The Hall–Kier alpha value is -4.91. The molecule has 0 fully saturated rings. The lowest BCUT2D eigenvalue weighted by Gasteiger charge is -2.22. The van der Waals surface area contributed by atoms with Gasteiger partial charge in [0.25, 0.3) is 10.0 Å². The number of anilines is 1. The predicted molar refractivity (Wildman–Crippen MR) is 156 cm³/mol. The topological polar surface area (TPSA) is 119 Å². The first kappa shape index (κ1) is 30.5. The van der Waals surface area contributed by atoms with Gasteiger partial charge in [-0.25, -0.2) is 18.1 Å². The van der Waals surface area contributed by atoms with Crippen LogP contribution in [0.5, 0.6) is 0 Å². The van der Waals surface area contributed by atoms with Crippen LogP contribution in [-0.4, -0.2) is 36.4 Å². The maximum Gasteiger partial charge on any atom is 0.416 e. The molecule has 0 saturated carbocycles. The minimum Gasteiger partial charge on any atom is -0.445 e. The van der Waals surface area contributed by atoms with E-state index in [-0.39, 0.29) is 22.9 Å². The number of hydrogen-bond donors (Lipinski definition) is 1. The number of rotatable bonds is 9. The van der Waals surface area contributed by atoms with Gasteiger partial charge in [-0.2, -0.15) is 13.2 Å². The van der Waals surface area contributed by atoms with Crippen LogP contribution in [-0.2, 0) is 34.0 Å².